The lowest BCUT2D eigenvalue weighted by Crippen LogP contribution is -2.19. The van der Waals surface area contributed by atoms with Crippen LogP contribution < -0.4 is 9.50 Å². The maximum absolute atomic E-state index is 12.7. The summed E-state index contributed by atoms with van der Waals surface area (Å²) in [5, 5.41) is 3.15. The van der Waals surface area contributed by atoms with E-state index in [4.69, 9.17) is 4.18 Å². The number of hydrogen-bond donors (Lipinski definition) is 1. The Labute approximate surface area is 198 Å². The molecule has 0 bridgehead atoms. The second kappa shape index (κ2) is 9.32. The average molecular weight is 529 g/mol. The van der Waals surface area contributed by atoms with Gasteiger partial charge in [-0.15, -0.1) is 0 Å². The van der Waals surface area contributed by atoms with Gasteiger partial charge in [0, 0.05) is 10.0 Å². The molecule has 1 saturated heterocycles. The summed E-state index contributed by atoms with van der Waals surface area (Å²) in [5.41, 5.74) is 2.09. The molecule has 0 atom stereocenters. The lowest BCUT2D eigenvalue weighted by molar-refractivity contribution is -0.115. The van der Waals surface area contributed by atoms with Crippen molar-refractivity contribution in [2.75, 3.05) is 0 Å². The number of benzene rings is 3. The highest BCUT2D eigenvalue weighted by Gasteiger charge is 2.25. The molecule has 1 amide bonds. The van der Waals surface area contributed by atoms with Crippen LogP contribution in [0.15, 0.2) is 92.1 Å². The summed E-state index contributed by atoms with van der Waals surface area (Å²) in [5.74, 6) is -0.192. The minimum absolute atomic E-state index is 0.0569. The minimum Gasteiger partial charge on any atom is -0.378 e. The summed E-state index contributed by atoms with van der Waals surface area (Å²) in [4.78, 5) is 17.4. The number of rotatable bonds is 5. The molecule has 162 valence electrons. The highest BCUT2D eigenvalue weighted by atomic mass is 79.9. The van der Waals surface area contributed by atoms with Crippen LogP contribution in [-0.4, -0.2) is 19.5 Å². The van der Waals surface area contributed by atoms with Crippen molar-refractivity contribution < 1.29 is 17.4 Å². The monoisotopic (exact) mass is 528 g/mol. The molecular weight excluding hydrogens is 512 g/mol. The van der Waals surface area contributed by atoms with Crippen LogP contribution in [0.25, 0.3) is 6.08 Å². The van der Waals surface area contributed by atoms with Gasteiger partial charge in [0.2, 0.25) is 0 Å². The van der Waals surface area contributed by atoms with E-state index < -0.39 is 10.1 Å². The number of aliphatic imine (C=N–C) groups is 1. The topological polar surface area (TPSA) is 84.8 Å². The summed E-state index contributed by atoms with van der Waals surface area (Å²) in [6.45, 7) is 1.87. The Bertz CT molecular complexity index is 1350. The van der Waals surface area contributed by atoms with Crippen molar-refractivity contribution in [2.45, 2.75) is 11.8 Å². The number of amides is 1. The highest BCUT2D eigenvalue weighted by molar-refractivity contribution is 9.10. The third-order valence-corrected chi connectivity index (χ3v) is 7.27. The molecule has 32 heavy (non-hydrogen) atoms. The first kappa shape index (κ1) is 22.3. The minimum atomic E-state index is -4.02. The normalized spacial score (nSPS) is 16.4. The van der Waals surface area contributed by atoms with Crippen LogP contribution in [0.3, 0.4) is 0 Å². The third-order valence-electron chi connectivity index (χ3n) is 4.44. The first-order chi connectivity index (χ1) is 15.3. The van der Waals surface area contributed by atoms with Crippen LogP contribution in [0.4, 0.5) is 5.69 Å². The molecule has 6 nitrogen and oxygen atoms in total. The molecule has 0 aliphatic carbocycles. The van der Waals surface area contributed by atoms with Gasteiger partial charge in [0.25, 0.3) is 5.91 Å². The number of carbonyl (C=O) groups excluding carboxylic acids is 1. The molecule has 1 heterocycles. The largest absolute Gasteiger partial charge is 0.378 e. The van der Waals surface area contributed by atoms with E-state index in [1.165, 1.54) is 23.9 Å². The number of thioether (sulfide) groups is 1. The molecule has 1 fully saturated rings. The number of nitrogens with one attached hydrogen (secondary N) is 1. The molecule has 1 N–H and O–H groups in total. The van der Waals surface area contributed by atoms with Gasteiger partial charge in [0.15, 0.2) is 5.17 Å². The van der Waals surface area contributed by atoms with Crippen LogP contribution in [-0.2, 0) is 14.9 Å². The molecule has 0 unspecified atom stereocenters. The van der Waals surface area contributed by atoms with Crippen LogP contribution >= 0.6 is 27.7 Å². The molecule has 0 aromatic heterocycles. The zero-order chi connectivity index (χ0) is 22.7. The van der Waals surface area contributed by atoms with E-state index >= 15 is 0 Å². The van der Waals surface area contributed by atoms with Crippen molar-refractivity contribution in [1.29, 1.82) is 0 Å². The predicted molar refractivity (Wildman–Crippen MR) is 130 cm³/mol. The van der Waals surface area contributed by atoms with Crippen LogP contribution in [0.5, 0.6) is 5.75 Å². The standard InChI is InChI=1S/C23H17BrN2O4S2/c1-15-10-12-17(13-11-15)32(28,29)30-20-9-5-2-6-16(20)14-21-22(27)26-23(31-21)25-19-8-4-3-7-18(19)24/h2-14H,1H3,(H,25,26,27)/b21-14+. The van der Waals surface area contributed by atoms with E-state index in [1.54, 1.807) is 42.5 Å². The molecule has 3 aromatic carbocycles. The van der Waals surface area contributed by atoms with Gasteiger partial charge < -0.3 is 9.50 Å². The Morgan fingerprint density at radius 2 is 1.69 bits per heavy atom. The maximum Gasteiger partial charge on any atom is 0.339 e. The van der Waals surface area contributed by atoms with E-state index in [0.717, 1.165) is 10.0 Å². The third kappa shape index (κ3) is 5.12. The van der Waals surface area contributed by atoms with Gasteiger partial charge in [-0.25, -0.2) is 4.99 Å². The van der Waals surface area contributed by atoms with Crippen molar-refractivity contribution in [3.05, 3.63) is 93.3 Å². The predicted octanol–water partition coefficient (Wildman–Crippen LogP) is 5.42. The number of carbonyl (C=O) groups is 1. The van der Waals surface area contributed by atoms with Gasteiger partial charge in [-0.2, -0.15) is 8.42 Å². The molecule has 0 radical (unpaired) electrons. The van der Waals surface area contributed by atoms with Crippen molar-refractivity contribution in [1.82, 2.24) is 5.32 Å². The fourth-order valence-corrected chi connectivity index (χ4v) is 4.97. The van der Waals surface area contributed by atoms with E-state index in [1.807, 2.05) is 31.2 Å². The smallest absolute Gasteiger partial charge is 0.339 e. The molecule has 3 aromatic rings. The van der Waals surface area contributed by atoms with Gasteiger partial charge in [-0.3, -0.25) is 4.79 Å². The fraction of sp³-hybridized carbons (Fsp3) is 0.0435. The van der Waals surface area contributed by atoms with Crippen LogP contribution in [0.2, 0.25) is 0 Å². The molecule has 1 aliphatic rings. The summed E-state index contributed by atoms with van der Waals surface area (Å²) >= 11 is 4.60. The number of hydrogen-bond acceptors (Lipinski definition) is 6. The Kier molecular flexibility index (Phi) is 6.50. The van der Waals surface area contributed by atoms with E-state index in [0.29, 0.717) is 21.3 Å². The molecule has 0 saturated carbocycles. The Morgan fingerprint density at radius 1 is 1.00 bits per heavy atom. The maximum atomic E-state index is 12.7. The molecule has 1 aliphatic heterocycles. The Hall–Kier alpha value is -2.88. The number of aryl methyl sites for hydroxylation is 1. The summed E-state index contributed by atoms with van der Waals surface area (Å²) < 4.78 is 31.6. The Morgan fingerprint density at radius 3 is 2.44 bits per heavy atom. The SMILES string of the molecule is Cc1ccc(S(=O)(=O)Oc2ccccc2/C=C2/SC(=Nc3ccccc3Br)NC2=O)cc1. The summed E-state index contributed by atoms with van der Waals surface area (Å²) in [6, 6.07) is 20.5. The fourth-order valence-electron chi connectivity index (χ4n) is 2.82. The summed E-state index contributed by atoms with van der Waals surface area (Å²) in [6.07, 6.45) is 1.59. The second-order valence-corrected chi connectivity index (χ2v) is 10.3. The number of nitrogens with zero attached hydrogens (tertiary/aromatic N) is 1. The quantitative estimate of drug-likeness (QED) is 0.353. The lowest BCUT2D eigenvalue weighted by atomic mass is 10.2. The van der Waals surface area contributed by atoms with Gasteiger partial charge >= 0.3 is 10.1 Å². The molecule has 4 rings (SSSR count). The number of para-hydroxylation sites is 2. The van der Waals surface area contributed by atoms with E-state index in [9.17, 15) is 13.2 Å². The lowest BCUT2D eigenvalue weighted by Gasteiger charge is -2.10. The first-order valence-electron chi connectivity index (χ1n) is 9.46. The van der Waals surface area contributed by atoms with Crippen LogP contribution in [0.1, 0.15) is 11.1 Å². The zero-order valence-electron chi connectivity index (χ0n) is 16.8. The van der Waals surface area contributed by atoms with Crippen molar-refractivity contribution >= 4 is 60.6 Å². The van der Waals surface area contributed by atoms with Gasteiger partial charge in [0.05, 0.1) is 10.6 Å². The van der Waals surface area contributed by atoms with Gasteiger partial charge in [-0.1, -0.05) is 48.0 Å². The van der Waals surface area contributed by atoms with Gasteiger partial charge in [0.1, 0.15) is 10.6 Å². The van der Waals surface area contributed by atoms with Crippen molar-refractivity contribution in [3.8, 4) is 5.75 Å². The summed E-state index contributed by atoms with van der Waals surface area (Å²) in [7, 11) is -4.02. The average Bonchev–Trinajstić information content (AvgIpc) is 3.10. The van der Waals surface area contributed by atoms with Gasteiger partial charge in [-0.05, 0) is 71.0 Å². The molecule has 0 spiro atoms. The molecular formula is C23H17BrN2O4S2. The van der Waals surface area contributed by atoms with Crippen molar-refractivity contribution in [2.24, 2.45) is 4.99 Å². The zero-order valence-corrected chi connectivity index (χ0v) is 20.0. The Balaban J connectivity index is 1.61. The van der Waals surface area contributed by atoms with Crippen molar-refractivity contribution in [3.63, 3.8) is 0 Å². The highest BCUT2D eigenvalue weighted by Crippen LogP contribution is 2.33. The van der Waals surface area contributed by atoms with Crippen LogP contribution in [0, 0.1) is 6.92 Å². The number of amidine groups is 1. The molecule has 9 heteroatoms. The number of halogens is 1. The first-order valence-corrected chi connectivity index (χ1v) is 12.5. The second-order valence-electron chi connectivity index (χ2n) is 6.82. The van der Waals surface area contributed by atoms with E-state index in [2.05, 4.69) is 26.2 Å². The van der Waals surface area contributed by atoms with E-state index in [-0.39, 0.29) is 16.6 Å².